The lowest BCUT2D eigenvalue weighted by molar-refractivity contribution is -0.121. The predicted molar refractivity (Wildman–Crippen MR) is 94.7 cm³/mol. The Kier molecular flexibility index (Phi) is 3.88. The molecule has 4 rings (SSSR count). The average Bonchev–Trinajstić information content (AvgIpc) is 2.89. The summed E-state index contributed by atoms with van der Waals surface area (Å²) in [6.07, 6.45) is 0. The van der Waals surface area contributed by atoms with Gasteiger partial charge in [-0.05, 0) is 36.4 Å². The zero-order chi connectivity index (χ0) is 17.4. The van der Waals surface area contributed by atoms with Crippen molar-refractivity contribution in [2.24, 2.45) is 0 Å². The van der Waals surface area contributed by atoms with E-state index >= 15 is 0 Å². The second-order valence-electron chi connectivity index (χ2n) is 6.36. The van der Waals surface area contributed by atoms with Crippen LogP contribution in [-0.4, -0.2) is 44.5 Å². The van der Waals surface area contributed by atoms with Crippen molar-refractivity contribution in [3.8, 4) is 11.5 Å². The van der Waals surface area contributed by atoms with E-state index in [0.717, 1.165) is 11.4 Å². The van der Waals surface area contributed by atoms with E-state index in [1.807, 2.05) is 59.5 Å². The summed E-state index contributed by atoms with van der Waals surface area (Å²) in [6.45, 7) is 0.162. The summed E-state index contributed by atoms with van der Waals surface area (Å²) in [5.74, 6) is 1.36. The quantitative estimate of drug-likeness (QED) is 0.902. The van der Waals surface area contributed by atoms with E-state index in [2.05, 4.69) is 5.32 Å². The fourth-order valence-electron chi connectivity index (χ4n) is 3.41. The Morgan fingerprint density at radius 2 is 1.64 bits per heavy atom. The second kappa shape index (κ2) is 6.07. The van der Waals surface area contributed by atoms with Gasteiger partial charge in [-0.15, -0.1) is 0 Å². The molecule has 0 radical (unpaired) electrons. The smallest absolute Gasteiger partial charge is 0.239 e. The largest absolute Gasteiger partial charge is 0.457 e. The van der Waals surface area contributed by atoms with Crippen molar-refractivity contribution in [2.75, 3.05) is 23.0 Å². The first-order chi connectivity index (χ1) is 12.0. The third-order valence-electron chi connectivity index (χ3n) is 4.53. The van der Waals surface area contributed by atoms with Gasteiger partial charge in [-0.25, -0.2) is 8.42 Å². The number of carbonyl (C=O) groups excluding carboxylic acids is 1. The van der Waals surface area contributed by atoms with Gasteiger partial charge in [-0.3, -0.25) is 4.79 Å². The zero-order valence-electron chi connectivity index (χ0n) is 13.5. The summed E-state index contributed by atoms with van der Waals surface area (Å²) < 4.78 is 29.6. The van der Waals surface area contributed by atoms with Gasteiger partial charge >= 0.3 is 0 Å². The van der Waals surface area contributed by atoms with Crippen molar-refractivity contribution in [3.63, 3.8) is 0 Å². The number of nitrogens with zero attached hydrogens (tertiary/aromatic N) is 1. The molecule has 0 unspecified atom stereocenters. The number of piperazine rings is 1. The number of anilines is 1. The number of carbonyl (C=O) groups is 1. The maximum absolute atomic E-state index is 11.9. The first kappa shape index (κ1) is 16.0. The molecule has 6 nitrogen and oxygen atoms in total. The van der Waals surface area contributed by atoms with Crippen molar-refractivity contribution in [1.29, 1.82) is 0 Å². The molecule has 1 amide bonds. The van der Waals surface area contributed by atoms with Crippen LogP contribution in [0.4, 0.5) is 5.69 Å². The highest BCUT2D eigenvalue weighted by atomic mass is 32.2. The van der Waals surface area contributed by atoms with Crippen LogP contribution in [0.15, 0.2) is 54.6 Å². The number of nitrogens with one attached hydrogen (secondary N) is 1. The van der Waals surface area contributed by atoms with Crippen LogP contribution in [0.25, 0.3) is 0 Å². The molecule has 0 saturated carbocycles. The summed E-state index contributed by atoms with van der Waals surface area (Å²) in [5, 5.41) is 2.79. The molecule has 0 aliphatic carbocycles. The number of ether oxygens (including phenoxy) is 1. The number of hydrogen-bond acceptors (Lipinski definition) is 5. The Hall–Kier alpha value is -2.54. The summed E-state index contributed by atoms with van der Waals surface area (Å²) in [4.78, 5) is 13.8. The Bertz CT molecular complexity index is 881. The lowest BCUT2D eigenvalue weighted by Crippen LogP contribution is -2.60. The summed E-state index contributed by atoms with van der Waals surface area (Å²) in [7, 11) is -3.12. The molecule has 0 aromatic heterocycles. The molecule has 2 aliphatic rings. The van der Waals surface area contributed by atoms with E-state index in [1.54, 1.807) is 0 Å². The van der Waals surface area contributed by atoms with Crippen LogP contribution in [0.5, 0.6) is 11.5 Å². The van der Waals surface area contributed by atoms with Gasteiger partial charge < -0.3 is 15.0 Å². The van der Waals surface area contributed by atoms with E-state index in [1.165, 1.54) is 0 Å². The van der Waals surface area contributed by atoms with Crippen molar-refractivity contribution in [1.82, 2.24) is 5.32 Å². The van der Waals surface area contributed by atoms with Crippen LogP contribution >= 0.6 is 0 Å². The third-order valence-corrected chi connectivity index (χ3v) is 6.25. The maximum atomic E-state index is 11.9. The van der Waals surface area contributed by atoms with Gasteiger partial charge in [0, 0.05) is 5.69 Å². The molecule has 0 spiro atoms. The number of sulfone groups is 1. The van der Waals surface area contributed by atoms with Crippen LogP contribution in [0.1, 0.15) is 0 Å². The molecule has 2 aliphatic heterocycles. The molecule has 130 valence electrons. The van der Waals surface area contributed by atoms with E-state index in [0.29, 0.717) is 5.75 Å². The van der Waals surface area contributed by atoms with Gasteiger partial charge in [0.2, 0.25) is 5.91 Å². The normalized spacial score (nSPS) is 24.5. The first-order valence-corrected chi connectivity index (χ1v) is 9.92. The van der Waals surface area contributed by atoms with Crippen molar-refractivity contribution in [2.45, 2.75) is 12.1 Å². The third kappa shape index (κ3) is 3.32. The van der Waals surface area contributed by atoms with E-state index < -0.39 is 9.84 Å². The minimum Gasteiger partial charge on any atom is -0.457 e. The Morgan fingerprint density at radius 1 is 0.960 bits per heavy atom. The minimum atomic E-state index is -3.12. The van der Waals surface area contributed by atoms with Crippen molar-refractivity contribution >= 4 is 21.4 Å². The Balaban J connectivity index is 1.55. The molecular weight excluding hydrogens is 340 g/mol. The van der Waals surface area contributed by atoms with Crippen molar-refractivity contribution < 1.29 is 17.9 Å². The molecule has 1 N–H and O–H groups in total. The topological polar surface area (TPSA) is 75.7 Å². The van der Waals surface area contributed by atoms with Gasteiger partial charge in [0.1, 0.15) is 11.5 Å². The number of fused-ring (bicyclic) bond motifs is 1. The van der Waals surface area contributed by atoms with Gasteiger partial charge in [0.25, 0.3) is 0 Å². The fourth-order valence-corrected chi connectivity index (χ4v) is 5.33. The van der Waals surface area contributed by atoms with Gasteiger partial charge in [0.05, 0.1) is 30.1 Å². The predicted octanol–water partition coefficient (Wildman–Crippen LogP) is 1.58. The molecule has 2 aromatic carbocycles. The molecule has 0 bridgehead atoms. The summed E-state index contributed by atoms with van der Waals surface area (Å²) in [5.41, 5.74) is 0.822. The first-order valence-electron chi connectivity index (χ1n) is 8.10. The highest BCUT2D eigenvalue weighted by Gasteiger charge is 2.45. The fraction of sp³-hybridized carbons (Fsp3) is 0.278. The number of benzene rings is 2. The molecule has 2 heterocycles. The molecule has 2 saturated heterocycles. The lowest BCUT2D eigenvalue weighted by Gasteiger charge is -2.38. The van der Waals surface area contributed by atoms with Gasteiger partial charge in [-0.1, -0.05) is 18.2 Å². The molecular formula is C18H18N2O4S. The van der Waals surface area contributed by atoms with Crippen LogP contribution in [-0.2, 0) is 14.6 Å². The minimum absolute atomic E-state index is 0.00904. The van der Waals surface area contributed by atoms with Crippen LogP contribution in [0.3, 0.4) is 0 Å². The summed E-state index contributed by atoms with van der Waals surface area (Å²) >= 11 is 0. The monoisotopic (exact) mass is 358 g/mol. The number of para-hydroxylation sites is 1. The lowest BCUT2D eigenvalue weighted by atomic mass is 10.1. The summed E-state index contributed by atoms with van der Waals surface area (Å²) in [6, 6.07) is 16.3. The highest BCUT2D eigenvalue weighted by molar-refractivity contribution is 7.91. The Labute approximate surface area is 146 Å². The van der Waals surface area contributed by atoms with E-state index in [4.69, 9.17) is 4.74 Å². The maximum Gasteiger partial charge on any atom is 0.239 e. The molecule has 2 atom stereocenters. The van der Waals surface area contributed by atoms with Crippen LogP contribution < -0.4 is 15.0 Å². The van der Waals surface area contributed by atoms with E-state index in [9.17, 15) is 13.2 Å². The Morgan fingerprint density at radius 3 is 2.36 bits per heavy atom. The van der Waals surface area contributed by atoms with Crippen molar-refractivity contribution in [3.05, 3.63) is 54.6 Å². The zero-order valence-corrected chi connectivity index (χ0v) is 14.3. The van der Waals surface area contributed by atoms with Crippen LogP contribution in [0, 0.1) is 0 Å². The second-order valence-corrected chi connectivity index (χ2v) is 8.51. The van der Waals surface area contributed by atoms with Gasteiger partial charge in [-0.2, -0.15) is 0 Å². The SMILES string of the molecule is O=C1CN(c2ccc(Oc3ccccc3)cc2)[C@H]2CS(=O)(=O)C[C@H]2N1. The average molecular weight is 358 g/mol. The highest BCUT2D eigenvalue weighted by Crippen LogP contribution is 2.29. The molecule has 7 heteroatoms. The molecule has 25 heavy (non-hydrogen) atoms. The standard InChI is InChI=1S/C18H18N2O4S/c21-18-10-20(17-12-25(22,23)11-16(17)19-18)13-6-8-15(9-7-13)24-14-4-2-1-3-5-14/h1-9,16-17H,10-12H2,(H,19,21)/t16-,17+/m1/s1. The van der Waals surface area contributed by atoms with Crippen LogP contribution in [0.2, 0.25) is 0 Å². The molecule has 2 aromatic rings. The molecule has 2 fully saturated rings. The number of hydrogen-bond donors (Lipinski definition) is 1. The number of amides is 1. The van der Waals surface area contributed by atoms with Gasteiger partial charge in [0.15, 0.2) is 9.84 Å². The number of rotatable bonds is 3. The van der Waals surface area contributed by atoms with E-state index in [-0.39, 0.29) is 36.0 Å².